The molecule has 0 N–H and O–H groups in total. The molecule has 0 bridgehead atoms. The number of hydrogen-bond donors (Lipinski definition) is 0. The van der Waals surface area contributed by atoms with Gasteiger partial charge in [-0.1, -0.05) is 15.9 Å². The lowest BCUT2D eigenvalue weighted by molar-refractivity contribution is -0.138. The average molecular weight is 268 g/mol. The summed E-state index contributed by atoms with van der Waals surface area (Å²) in [4.78, 5) is 3.70. The van der Waals surface area contributed by atoms with Crippen LogP contribution in [0.1, 0.15) is 17.5 Å². The highest BCUT2D eigenvalue weighted by molar-refractivity contribution is 9.09. The van der Waals surface area contributed by atoms with Gasteiger partial charge in [0.2, 0.25) is 0 Å². The van der Waals surface area contributed by atoms with Crippen LogP contribution in [0.15, 0.2) is 18.5 Å². The second-order valence-corrected chi connectivity index (χ2v) is 3.62. The molecule has 0 fully saturated rings. The Morgan fingerprint density at radius 2 is 2.07 bits per heavy atom. The highest BCUT2D eigenvalue weighted by Gasteiger charge is 2.32. The van der Waals surface area contributed by atoms with Crippen LogP contribution in [0.25, 0.3) is 0 Å². The number of halogens is 4. The first-order valence-electron chi connectivity index (χ1n) is 4.11. The third-order valence-corrected chi connectivity index (χ3v) is 2.35. The van der Waals surface area contributed by atoms with Crippen LogP contribution in [-0.4, -0.2) is 10.3 Å². The molecule has 5 heteroatoms. The number of alkyl halides is 4. The van der Waals surface area contributed by atoms with E-state index >= 15 is 0 Å². The summed E-state index contributed by atoms with van der Waals surface area (Å²) in [5.41, 5.74) is -0.312. The molecule has 1 rings (SSSR count). The Morgan fingerprint density at radius 3 is 2.64 bits per heavy atom. The van der Waals surface area contributed by atoms with Crippen molar-refractivity contribution in [1.82, 2.24) is 4.98 Å². The molecule has 0 amide bonds. The van der Waals surface area contributed by atoms with E-state index < -0.39 is 11.7 Å². The van der Waals surface area contributed by atoms with Crippen LogP contribution in [-0.2, 0) is 12.6 Å². The molecule has 0 atom stereocenters. The van der Waals surface area contributed by atoms with Crippen LogP contribution < -0.4 is 0 Å². The van der Waals surface area contributed by atoms with E-state index in [0.717, 1.165) is 6.07 Å². The molecule has 0 saturated carbocycles. The SMILES string of the molecule is FC(F)(F)c1ccncc1CCCBr. The average Bonchev–Trinajstić information content (AvgIpc) is 2.14. The number of aromatic nitrogens is 1. The maximum absolute atomic E-state index is 12.4. The Hall–Kier alpha value is -0.580. The molecule has 1 nitrogen and oxygen atoms in total. The molecule has 1 aromatic rings. The minimum atomic E-state index is -4.27. The normalized spacial score (nSPS) is 11.7. The summed E-state index contributed by atoms with van der Waals surface area (Å²) in [6.45, 7) is 0. The largest absolute Gasteiger partial charge is 0.416 e. The second-order valence-electron chi connectivity index (χ2n) is 2.82. The fraction of sp³-hybridized carbons (Fsp3) is 0.444. The summed E-state index contributed by atoms with van der Waals surface area (Å²) >= 11 is 3.18. The predicted molar refractivity (Wildman–Crippen MR) is 51.4 cm³/mol. The fourth-order valence-electron chi connectivity index (χ4n) is 1.16. The van der Waals surface area contributed by atoms with Gasteiger partial charge < -0.3 is 0 Å². The Kier molecular flexibility index (Phi) is 3.92. The van der Waals surface area contributed by atoms with Crippen molar-refractivity contribution in [1.29, 1.82) is 0 Å². The third-order valence-electron chi connectivity index (χ3n) is 1.79. The summed E-state index contributed by atoms with van der Waals surface area (Å²) in [6.07, 6.45) is -0.751. The van der Waals surface area contributed by atoms with Crippen molar-refractivity contribution < 1.29 is 13.2 Å². The van der Waals surface area contributed by atoms with Gasteiger partial charge in [-0.15, -0.1) is 0 Å². The van der Waals surface area contributed by atoms with E-state index in [0.29, 0.717) is 18.2 Å². The summed E-state index contributed by atoms with van der Waals surface area (Å²) in [5.74, 6) is 0. The first-order chi connectivity index (χ1) is 6.55. The molecule has 0 saturated heterocycles. The predicted octanol–water partition coefficient (Wildman–Crippen LogP) is 3.43. The molecular weight excluding hydrogens is 259 g/mol. The molecular formula is C9H9BrF3N. The first kappa shape index (κ1) is 11.5. The van der Waals surface area contributed by atoms with Crippen LogP contribution in [0.3, 0.4) is 0 Å². The van der Waals surface area contributed by atoms with E-state index in [1.165, 1.54) is 12.4 Å². The Labute approximate surface area is 88.5 Å². The van der Waals surface area contributed by atoms with Gasteiger partial charge in [-0.05, 0) is 24.5 Å². The number of rotatable bonds is 3. The van der Waals surface area contributed by atoms with Crippen molar-refractivity contribution in [2.75, 3.05) is 5.33 Å². The third kappa shape index (κ3) is 2.97. The Bertz CT molecular complexity index is 298. The van der Waals surface area contributed by atoms with Gasteiger partial charge in [0.1, 0.15) is 0 Å². The molecule has 0 unspecified atom stereocenters. The maximum Gasteiger partial charge on any atom is 0.416 e. The van der Waals surface area contributed by atoms with E-state index in [1.54, 1.807) is 0 Å². The lowest BCUT2D eigenvalue weighted by atomic mass is 10.1. The van der Waals surface area contributed by atoms with Gasteiger partial charge in [-0.2, -0.15) is 13.2 Å². The van der Waals surface area contributed by atoms with Gasteiger partial charge in [-0.3, -0.25) is 4.98 Å². The summed E-state index contributed by atoms with van der Waals surface area (Å²) in [5, 5.41) is 0.694. The van der Waals surface area contributed by atoms with Crippen LogP contribution in [0.4, 0.5) is 13.2 Å². The first-order valence-corrected chi connectivity index (χ1v) is 5.24. The standard InChI is InChI=1S/C9H9BrF3N/c10-4-1-2-7-6-14-5-3-8(7)9(11,12)13/h3,5-6H,1-2,4H2. The molecule has 0 aromatic carbocycles. The lowest BCUT2D eigenvalue weighted by Gasteiger charge is -2.11. The zero-order valence-corrected chi connectivity index (χ0v) is 8.90. The molecule has 78 valence electrons. The van der Waals surface area contributed by atoms with Gasteiger partial charge in [-0.25, -0.2) is 0 Å². The summed E-state index contributed by atoms with van der Waals surface area (Å²) in [7, 11) is 0. The maximum atomic E-state index is 12.4. The van der Waals surface area contributed by atoms with E-state index in [4.69, 9.17) is 0 Å². The highest BCUT2D eigenvalue weighted by Crippen LogP contribution is 2.31. The summed E-state index contributed by atoms with van der Waals surface area (Å²) in [6, 6.07) is 1.02. The van der Waals surface area contributed by atoms with Gasteiger partial charge in [0, 0.05) is 17.7 Å². The quantitative estimate of drug-likeness (QED) is 0.765. The van der Waals surface area contributed by atoms with Crippen LogP contribution in [0.2, 0.25) is 0 Å². The van der Waals surface area contributed by atoms with Gasteiger partial charge in [0.05, 0.1) is 5.56 Å². The van der Waals surface area contributed by atoms with E-state index in [9.17, 15) is 13.2 Å². The van der Waals surface area contributed by atoms with Crippen LogP contribution in [0.5, 0.6) is 0 Å². The van der Waals surface area contributed by atoms with E-state index in [-0.39, 0.29) is 5.56 Å². The fourth-order valence-corrected chi connectivity index (χ4v) is 1.44. The van der Waals surface area contributed by atoms with Crippen molar-refractivity contribution in [2.45, 2.75) is 19.0 Å². The zero-order valence-electron chi connectivity index (χ0n) is 7.31. The molecule has 0 aliphatic carbocycles. The molecule has 14 heavy (non-hydrogen) atoms. The number of aryl methyl sites for hydroxylation is 1. The van der Waals surface area contributed by atoms with Gasteiger partial charge >= 0.3 is 6.18 Å². The molecule has 0 spiro atoms. The van der Waals surface area contributed by atoms with Crippen molar-refractivity contribution in [3.8, 4) is 0 Å². The second kappa shape index (κ2) is 4.77. The molecule has 1 heterocycles. The lowest BCUT2D eigenvalue weighted by Crippen LogP contribution is -2.09. The Balaban J connectivity index is 2.92. The summed E-state index contributed by atoms with van der Waals surface area (Å²) < 4.78 is 37.3. The van der Waals surface area contributed by atoms with Crippen molar-refractivity contribution in [2.24, 2.45) is 0 Å². The van der Waals surface area contributed by atoms with Crippen molar-refractivity contribution in [3.05, 3.63) is 29.6 Å². The topological polar surface area (TPSA) is 12.9 Å². The molecule has 0 aliphatic rings. The number of hydrogen-bond acceptors (Lipinski definition) is 1. The molecule has 0 aliphatic heterocycles. The van der Waals surface area contributed by atoms with E-state index in [2.05, 4.69) is 20.9 Å². The minimum Gasteiger partial charge on any atom is -0.264 e. The van der Waals surface area contributed by atoms with Gasteiger partial charge in [0.15, 0.2) is 0 Å². The Morgan fingerprint density at radius 1 is 1.36 bits per heavy atom. The minimum absolute atomic E-state index is 0.263. The smallest absolute Gasteiger partial charge is 0.264 e. The number of nitrogens with zero attached hydrogens (tertiary/aromatic N) is 1. The molecule has 1 aromatic heterocycles. The monoisotopic (exact) mass is 267 g/mol. The van der Waals surface area contributed by atoms with E-state index in [1.807, 2.05) is 0 Å². The van der Waals surface area contributed by atoms with Crippen molar-refractivity contribution >= 4 is 15.9 Å². The van der Waals surface area contributed by atoms with Crippen molar-refractivity contribution in [3.63, 3.8) is 0 Å². The molecule has 0 radical (unpaired) electrons. The van der Waals surface area contributed by atoms with Crippen LogP contribution in [0, 0.1) is 0 Å². The zero-order chi connectivity index (χ0) is 10.6. The highest BCUT2D eigenvalue weighted by atomic mass is 79.9. The van der Waals surface area contributed by atoms with Gasteiger partial charge in [0.25, 0.3) is 0 Å². The van der Waals surface area contributed by atoms with Crippen LogP contribution >= 0.6 is 15.9 Å². The number of pyridine rings is 1.